The molecule has 0 aliphatic heterocycles. The molecule has 0 heterocycles. The van der Waals surface area contributed by atoms with Gasteiger partial charge in [0, 0.05) is 5.75 Å². The Morgan fingerprint density at radius 1 is 1.50 bits per heavy atom. The molecule has 0 saturated heterocycles. The third-order valence-electron chi connectivity index (χ3n) is 2.41. The van der Waals surface area contributed by atoms with E-state index < -0.39 is 5.97 Å². The summed E-state index contributed by atoms with van der Waals surface area (Å²) in [6.07, 6.45) is 0. The van der Waals surface area contributed by atoms with E-state index in [9.17, 15) is 4.79 Å². The highest BCUT2D eigenvalue weighted by Crippen LogP contribution is 2.18. The number of carbonyl (C=O) groups is 1. The predicted molar refractivity (Wildman–Crippen MR) is 74.4 cm³/mol. The molecule has 1 rings (SSSR count). The maximum absolute atomic E-state index is 10.9. The van der Waals surface area contributed by atoms with Gasteiger partial charge in [-0.2, -0.15) is 11.8 Å². The summed E-state index contributed by atoms with van der Waals surface area (Å²) in [6, 6.07) is 6.68. The Morgan fingerprint density at radius 3 is 2.89 bits per heavy atom. The van der Waals surface area contributed by atoms with E-state index in [2.05, 4.69) is 6.92 Å². The Labute approximate surface area is 112 Å². The monoisotopic (exact) mass is 269 g/mol. The molecule has 1 atom stereocenters. The number of ether oxygens (including phenoxy) is 1. The molecule has 100 valence electrons. The Kier molecular flexibility index (Phi) is 6.60. The van der Waals surface area contributed by atoms with Crippen LogP contribution < -0.4 is 10.5 Å². The van der Waals surface area contributed by atoms with Gasteiger partial charge in [0.15, 0.2) is 0 Å². The first-order chi connectivity index (χ1) is 8.65. The summed E-state index contributed by atoms with van der Waals surface area (Å²) in [4.78, 5) is 10.9. The lowest BCUT2D eigenvalue weighted by Gasteiger charge is -2.10. The summed E-state index contributed by atoms with van der Waals surface area (Å²) in [6.45, 7) is 3.30. The Balaban J connectivity index is 2.33. The number of hydrogen-bond acceptors (Lipinski definition) is 4. The van der Waals surface area contributed by atoms with Crippen LogP contribution in [0.5, 0.6) is 5.75 Å². The topological polar surface area (TPSA) is 72.5 Å². The fourth-order valence-electron chi connectivity index (χ4n) is 1.33. The normalized spacial score (nSPS) is 12.1. The van der Waals surface area contributed by atoms with Gasteiger partial charge in [0.1, 0.15) is 11.3 Å². The van der Waals surface area contributed by atoms with E-state index in [0.29, 0.717) is 24.8 Å². The fraction of sp³-hybridized carbons (Fsp3) is 0.462. The van der Waals surface area contributed by atoms with Crippen molar-refractivity contribution in [2.45, 2.75) is 6.92 Å². The highest BCUT2D eigenvalue weighted by Gasteiger charge is 2.09. The standard InChI is InChI=1S/C13H19NO3S/c1-10(8-14)9-18-7-6-17-12-5-3-2-4-11(12)13(15)16/h2-5,10H,6-9,14H2,1H3,(H,15,16). The maximum Gasteiger partial charge on any atom is 0.339 e. The lowest BCUT2D eigenvalue weighted by molar-refractivity contribution is 0.0692. The van der Waals surface area contributed by atoms with Crippen molar-refractivity contribution in [3.8, 4) is 5.75 Å². The molecule has 0 aliphatic rings. The van der Waals surface area contributed by atoms with Crippen molar-refractivity contribution in [3.63, 3.8) is 0 Å². The molecule has 0 amide bonds. The van der Waals surface area contributed by atoms with Gasteiger partial charge in [-0.25, -0.2) is 4.79 Å². The average molecular weight is 269 g/mol. The van der Waals surface area contributed by atoms with E-state index in [4.69, 9.17) is 15.6 Å². The molecule has 0 fully saturated rings. The van der Waals surface area contributed by atoms with Crippen LogP contribution in [0.1, 0.15) is 17.3 Å². The number of thioether (sulfide) groups is 1. The first-order valence-electron chi connectivity index (χ1n) is 5.88. The van der Waals surface area contributed by atoms with Crippen LogP contribution in [0.2, 0.25) is 0 Å². The zero-order valence-electron chi connectivity index (χ0n) is 10.5. The van der Waals surface area contributed by atoms with Crippen LogP contribution in [0, 0.1) is 5.92 Å². The van der Waals surface area contributed by atoms with Crippen molar-refractivity contribution in [3.05, 3.63) is 29.8 Å². The van der Waals surface area contributed by atoms with E-state index in [1.54, 1.807) is 36.0 Å². The molecule has 0 spiro atoms. The molecule has 1 aromatic carbocycles. The Bertz CT molecular complexity index is 384. The van der Waals surface area contributed by atoms with Crippen molar-refractivity contribution in [2.75, 3.05) is 24.7 Å². The molecule has 3 N–H and O–H groups in total. The molecular formula is C13H19NO3S. The molecule has 1 aromatic rings. The molecule has 0 radical (unpaired) electrons. The first-order valence-corrected chi connectivity index (χ1v) is 7.03. The van der Waals surface area contributed by atoms with E-state index in [1.807, 2.05) is 0 Å². The molecule has 5 heteroatoms. The Morgan fingerprint density at radius 2 is 2.22 bits per heavy atom. The molecular weight excluding hydrogens is 250 g/mol. The molecule has 0 aromatic heterocycles. The zero-order valence-corrected chi connectivity index (χ0v) is 11.3. The van der Waals surface area contributed by atoms with Crippen LogP contribution in [0.3, 0.4) is 0 Å². The van der Waals surface area contributed by atoms with Crippen LogP contribution in [0.15, 0.2) is 24.3 Å². The van der Waals surface area contributed by atoms with Crippen molar-refractivity contribution >= 4 is 17.7 Å². The van der Waals surface area contributed by atoms with Crippen molar-refractivity contribution in [2.24, 2.45) is 11.7 Å². The molecule has 0 bridgehead atoms. The lowest BCUT2D eigenvalue weighted by atomic mass is 10.2. The van der Waals surface area contributed by atoms with E-state index >= 15 is 0 Å². The van der Waals surface area contributed by atoms with Gasteiger partial charge in [0.2, 0.25) is 0 Å². The van der Waals surface area contributed by atoms with Gasteiger partial charge in [0.05, 0.1) is 6.61 Å². The molecule has 0 saturated carbocycles. The largest absolute Gasteiger partial charge is 0.492 e. The molecule has 4 nitrogen and oxygen atoms in total. The fourth-order valence-corrected chi connectivity index (χ4v) is 2.24. The molecule has 0 aliphatic carbocycles. The molecule has 18 heavy (non-hydrogen) atoms. The number of hydrogen-bond donors (Lipinski definition) is 2. The summed E-state index contributed by atoms with van der Waals surface area (Å²) in [5.74, 6) is 1.80. The number of aromatic carboxylic acids is 1. The highest BCUT2D eigenvalue weighted by atomic mass is 32.2. The quantitative estimate of drug-likeness (QED) is 0.707. The second-order valence-corrected chi connectivity index (χ2v) is 5.22. The summed E-state index contributed by atoms with van der Waals surface area (Å²) in [5.41, 5.74) is 5.73. The minimum atomic E-state index is -0.963. The van der Waals surface area contributed by atoms with Crippen LogP contribution in [0.25, 0.3) is 0 Å². The van der Waals surface area contributed by atoms with Gasteiger partial charge >= 0.3 is 5.97 Å². The minimum Gasteiger partial charge on any atom is -0.492 e. The van der Waals surface area contributed by atoms with E-state index in [1.165, 1.54) is 0 Å². The van der Waals surface area contributed by atoms with Crippen molar-refractivity contribution < 1.29 is 14.6 Å². The second kappa shape index (κ2) is 8.00. The van der Waals surface area contributed by atoms with Crippen LogP contribution >= 0.6 is 11.8 Å². The number of nitrogens with two attached hydrogens (primary N) is 1. The number of para-hydroxylation sites is 1. The summed E-state index contributed by atoms with van der Waals surface area (Å²) < 4.78 is 5.48. The summed E-state index contributed by atoms with van der Waals surface area (Å²) >= 11 is 1.77. The van der Waals surface area contributed by atoms with Gasteiger partial charge in [-0.15, -0.1) is 0 Å². The number of carboxylic acids is 1. The minimum absolute atomic E-state index is 0.206. The first kappa shape index (κ1) is 14.9. The predicted octanol–water partition coefficient (Wildman–Crippen LogP) is 2.09. The van der Waals surface area contributed by atoms with Gasteiger partial charge in [-0.1, -0.05) is 19.1 Å². The van der Waals surface area contributed by atoms with E-state index in [0.717, 1.165) is 11.5 Å². The highest BCUT2D eigenvalue weighted by molar-refractivity contribution is 7.99. The van der Waals surface area contributed by atoms with Gasteiger partial charge in [0.25, 0.3) is 0 Å². The molecule has 1 unspecified atom stereocenters. The second-order valence-electron chi connectivity index (χ2n) is 4.07. The van der Waals surface area contributed by atoms with E-state index in [-0.39, 0.29) is 5.56 Å². The van der Waals surface area contributed by atoms with Gasteiger partial charge in [-0.05, 0) is 30.3 Å². The number of rotatable bonds is 8. The van der Waals surface area contributed by atoms with Crippen LogP contribution in [-0.4, -0.2) is 35.7 Å². The summed E-state index contributed by atoms with van der Waals surface area (Å²) in [5, 5.41) is 8.97. The smallest absolute Gasteiger partial charge is 0.339 e. The van der Waals surface area contributed by atoms with Gasteiger partial charge in [-0.3, -0.25) is 0 Å². The van der Waals surface area contributed by atoms with Crippen molar-refractivity contribution in [1.29, 1.82) is 0 Å². The van der Waals surface area contributed by atoms with Gasteiger partial charge < -0.3 is 15.6 Å². The third kappa shape index (κ3) is 4.98. The lowest BCUT2D eigenvalue weighted by Crippen LogP contribution is -2.14. The van der Waals surface area contributed by atoms with Crippen LogP contribution in [-0.2, 0) is 0 Å². The van der Waals surface area contributed by atoms with Crippen LogP contribution in [0.4, 0.5) is 0 Å². The zero-order chi connectivity index (χ0) is 13.4. The number of benzene rings is 1. The SMILES string of the molecule is CC(CN)CSCCOc1ccccc1C(=O)O. The van der Waals surface area contributed by atoms with Crippen molar-refractivity contribution in [1.82, 2.24) is 0 Å². The number of carboxylic acid groups (broad SMARTS) is 1. The maximum atomic E-state index is 10.9. The summed E-state index contributed by atoms with van der Waals surface area (Å²) in [7, 11) is 0. The third-order valence-corrected chi connectivity index (χ3v) is 3.67. The Hall–Kier alpha value is -1.20. The average Bonchev–Trinajstić information content (AvgIpc) is 2.38.